The molecule has 0 spiro atoms. The van der Waals surface area contributed by atoms with E-state index in [2.05, 4.69) is 70.7 Å². The third-order valence-corrected chi connectivity index (χ3v) is 4.25. The smallest absolute Gasteiger partial charge is 0.195 e. The number of benzene rings is 2. The fourth-order valence-electron chi connectivity index (χ4n) is 2.74. The molecule has 0 amide bonds. The molecule has 0 saturated carbocycles. The second-order valence-electron chi connectivity index (χ2n) is 7.35. The van der Waals surface area contributed by atoms with Gasteiger partial charge in [0.05, 0.1) is 5.69 Å². The first-order valence-corrected chi connectivity index (χ1v) is 8.77. The summed E-state index contributed by atoms with van der Waals surface area (Å²) in [6, 6.07) is 16.2. The lowest BCUT2D eigenvalue weighted by Gasteiger charge is -2.11. The molecule has 4 rings (SSSR count). The number of tetrazole rings is 1. The van der Waals surface area contributed by atoms with E-state index < -0.39 is 0 Å². The van der Waals surface area contributed by atoms with Crippen LogP contribution in [0.15, 0.2) is 58.0 Å². The Hall–Kier alpha value is -3.35. The van der Waals surface area contributed by atoms with Crippen molar-refractivity contribution in [1.82, 2.24) is 25.4 Å². The van der Waals surface area contributed by atoms with Gasteiger partial charge in [-0.05, 0) is 33.3 Å². The van der Waals surface area contributed by atoms with Crippen molar-refractivity contribution in [3.05, 3.63) is 60.1 Å². The molecule has 0 bridgehead atoms. The fraction of sp³-hybridized carbons (Fsp3) is 0.250. The molecule has 0 N–H and O–H groups in total. The highest BCUT2D eigenvalue weighted by Gasteiger charge is 2.19. The van der Waals surface area contributed by atoms with Crippen LogP contribution in [0.25, 0.3) is 16.5 Å². The van der Waals surface area contributed by atoms with Crippen LogP contribution in [0.5, 0.6) is 0 Å². The van der Waals surface area contributed by atoms with Gasteiger partial charge >= 0.3 is 0 Å². The predicted molar refractivity (Wildman–Crippen MR) is 104 cm³/mol. The Balaban J connectivity index is 1.54. The summed E-state index contributed by atoms with van der Waals surface area (Å²) in [4.78, 5) is 4.36. The topological polar surface area (TPSA) is 82.0 Å². The summed E-state index contributed by atoms with van der Waals surface area (Å²) < 4.78 is 7.07. The third-order valence-electron chi connectivity index (χ3n) is 4.25. The molecule has 0 aliphatic rings. The first kappa shape index (κ1) is 17.1. The van der Waals surface area contributed by atoms with Crippen LogP contribution in [0.3, 0.4) is 0 Å². The van der Waals surface area contributed by atoms with Gasteiger partial charge in [0.25, 0.3) is 0 Å². The van der Waals surface area contributed by atoms with E-state index in [0.29, 0.717) is 18.1 Å². The molecule has 0 aliphatic heterocycles. The Labute approximate surface area is 156 Å². The van der Waals surface area contributed by atoms with E-state index in [-0.39, 0.29) is 5.41 Å². The van der Waals surface area contributed by atoms with Crippen LogP contribution in [0.2, 0.25) is 0 Å². The largest absolute Gasteiger partial charge is 0.359 e. The van der Waals surface area contributed by atoms with Gasteiger partial charge in [-0.25, -0.2) is 4.99 Å². The van der Waals surface area contributed by atoms with E-state index in [9.17, 15) is 0 Å². The normalized spacial score (nSPS) is 12.3. The van der Waals surface area contributed by atoms with Crippen molar-refractivity contribution < 1.29 is 4.52 Å². The van der Waals surface area contributed by atoms with Crippen molar-refractivity contribution in [2.45, 2.75) is 32.6 Å². The van der Waals surface area contributed by atoms with E-state index in [1.165, 1.54) is 5.39 Å². The molecule has 0 fully saturated rings. The van der Waals surface area contributed by atoms with Crippen molar-refractivity contribution in [3.63, 3.8) is 0 Å². The maximum atomic E-state index is 5.34. The molecule has 0 aliphatic carbocycles. The molecule has 0 radical (unpaired) electrons. The molecule has 0 atom stereocenters. The number of aromatic nitrogens is 5. The van der Waals surface area contributed by atoms with Crippen LogP contribution in [0, 0.1) is 0 Å². The van der Waals surface area contributed by atoms with Crippen molar-refractivity contribution in [1.29, 1.82) is 0 Å². The molecular weight excluding hydrogens is 340 g/mol. The SMILES string of the molecule is CC(C)(C)c1cc(N=CCc2nnnn2-c2ccc3ccccc3c2)no1. The van der Waals surface area contributed by atoms with Crippen LogP contribution >= 0.6 is 0 Å². The molecular formula is C20H20N6O. The van der Waals surface area contributed by atoms with Crippen molar-refractivity contribution in [2.75, 3.05) is 0 Å². The zero-order chi connectivity index (χ0) is 18.9. The predicted octanol–water partition coefficient (Wildman–Crippen LogP) is 4.05. The standard InChI is InChI=1S/C20H20N6O/c1-20(2,3)17-13-18(23-27-17)21-11-10-19-22-24-25-26(19)16-9-8-14-6-4-5-7-15(14)12-16/h4-9,11-13H,10H2,1-3H3. The van der Waals surface area contributed by atoms with Gasteiger partial charge < -0.3 is 4.52 Å². The molecule has 2 aromatic carbocycles. The Kier molecular flexibility index (Phi) is 4.27. The number of aliphatic imine (C=N–C) groups is 1. The van der Waals surface area contributed by atoms with Crippen molar-refractivity contribution in [2.24, 2.45) is 4.99 Å². The summed E-state index contributed by atoms with van der Waals surface area (Å²) in [6.45, 7) is 6.20. The lowest BCUT2D eigenvalue weighted by Crippen LogP contribution is -2.08. The molecule has 0 saturated heterocycles. The van der Waals surface area contributed by atoms with Crippen molar-refractivity contribution in [3.8, 4) is 5.69 Å². The molecule has 4 aromatic rings. The highest BCUT2D eigenvalue weighted by atomic mass is 16.5. The monoisotopic (exact) mass is 360 g/mol. The van der Waals surface area contributed by atoms with E-state index >= 15 is 0 Å². The maximum absolute atomic E-state index is 5.34. The second kappa shape index (κ2) is 6.75. The molecule has 27 heavy (non-hydrogen) atoms. The first-order valence-electron chi connectivity index (χ1n) is 8.77. The Morgan fingerprint density at radius 1 is 1.07 bits per heavy atom. The van der Waals surface area contributed by atoms with Crippen LogP contribution < -0.4 is 0 Å². The number of rotatable bonds is 4. The van der Waals surface area contributed by atoms with Gasteiger partial charge in [0.15, 0.2) is 11.6 Å². The summed E-state index contributed by atoms with van der Waals surface area (Å²) in [7, 11) is 0. The lowest BCUT2D eigenvalue weighted by atomic mass is 9.93. The summed E-state index contributed by atoms with van der Waals surface area (Å²) in [5.41, 5.74) is 0.819. The number of hydrogen-bond donors (Lipinski definition) is 0. The van der Waals surface area contributed by atoms with Gasteiger partial charge in [-0.15, -0.1) is 5.10 Å². The lowest BCUT2D eigenvalue weighted by molar-refractivity contribution is 0.330. The highest BCUT2D eigenvalue weighted by molar-refractivity contribution is 5.84. The maximum Gasteiger partial charge on any atom is 0.195 e. The van der Waals surface area contributed by atoms with E-state index in [1.807, 2.05) is 24.3 Å². The molecule has 2 aromatic heterocycles. The Morgan fingerprint density at radius 3 is 2.67 bits per heavy atom. The average Bonchev–Trinajstić information content (AvgIpc) is 3.31. The van der Waals surface area contributed by atoms with Crippen LogP contribution in [-0.2, 0) is 11.8 Å². The van der Waals surface area contributed by atoms with E-state index in [0.717, 1.165) is 16.8 Å². The van der Waals surface area contributed by atoms with E-state index in [1.54, 1.807) is 10.9 Å². The fourth-order valence-corrected chi connectivity index (χ4v) is 2.74. The minimum atomic E-state index is -0.0963. The number of fused-ring (bicyclic) bond motifs is 1. The van der Waals surface area contributed by atoms with Crippen LogP contribution in [0.4, 0.5) is 5.82 Å². The molecule has 7 heteroatoms. The highest BCUT2D eigenvalue weighted by Crippen LogP contribution is 2.25. The Bertz CT molecular complexity index is 1100. The van der Waals surface area contributed by atoms with Gasteiger partial charge in [0.2, 0.25) is 0 Å². The van der Waals surface area contributed by atoms with Gasteiger partial charge in [-0.2, -0.15) is 4.68 Å². The summed E-state index contributed by atoms with van der Waals surface area (Å²) in [6.07, 6.45) is 2.23. The quantitative estimate of drug-likeness (QED) is 0.513. The summed E-state index contributed by atoms with van der Waals surface area (Å²) in [5, 5.41) is 18.3. The van der Waals surface area contributed by atoms with Crippen LogP contribution in [0.1, 0.15) is 32.4 Å². The first-order chi connectivity index (χ1) is 13.0. The Morgan fingerprint density at radius 2 is 1.89 bits per heavy atom. The van der Waals surface area contributed by atoms with Gasteiger partial charge in [-0.1, -0.05) is 56.3 Å². The van der Waals surface area contributed by atoms with E-state index in [4.69, 9.17) is 4.52 Å². The molecule has 0 unspecified atom stereocenters. The molecule has 7 nitrogen and oxygen atoms in total. The summed E-state index contributed by atoms with van der Waals surface area (Å²) >= 11 is 0. The number of hydrogen-bond acceptors (Lipinski definition) is 6. The zero-order valence-electron chi connectivity index (χ0n) is 15.5. The minimum Gasteiger partial charge on any atom is -0.359 e. The van der Waals surface area contributed by atoms with Gasteiger partial charge in [0.1, 0.15) is 5.76 Å². The van der Waals surface area contributed by atoms with Crippen LogP contribution in [-0.4, -0.2) is 31.6 Å². The third kappa shape index (κ3) is 3.62. The van der Waals surface area contributed by atoms with Crippen molar-refractivity contribution >= 4 is 22.8 Å². The zero-order valence-corrected chi connectivity index (χ0v) is 15.5. The molecule has 2 heterocycles. The van der Waals surface area contributed by atoms with Gasteiger partial charge in [0, 0.05) is 24.1 Å². The van der Waals surface area contributed by atoms with Gasteiger partial charge in [-0.3, -0.25) is 0 Å². The second-order valence-corrected chi connectivity index (χ2v) is 7.35. The molecule has 136 valence electrons. The summed E-state index contributed by atoms with van der Waals surface area (Å²) in [5.74, 6) is 2.05. The average molecular weight is 360 g/mol. The minimum absolute atomic E-state index is 0.0963. The number of nitrogens with zero attached hydrogens (tertiary/aromatic N) is 6.